The van der Waals surface area contributed by atoms with Gasteiger partial charge in [0.05, 0.1) is 18.6 Å². The van der Waals surface area contributed by atoms with Crippen molar-refractivity contribution in [2.45, 2.75) is 12.5 Å². The largest absolute Gasteiger partial charge is 0.497 e. The molecule has 0 aliphatic carbocycles. The van der Waals surface area contributed by atoms with Crippen molar-refractivity contribution < 1.29 is 28.1 Å². The van der Waals surface area contributed by atoms with E-state index in [2.05, 4.69) is 6.07 Å². The number of nitrogens with zero attached hydrogens (tertiary/aromatic N) is 1. The first-order valence-corrected chi connectivity index (χ1v) is 12.0. The number of methoxy groups -OCH3 is 1. The highest BCUT2D eigenvalue weighted by atomic mass is 19.1. The van der Waals surface area contributed by atoms with Gasteiger partial charge in [0.2, 0.25) is 5.88 Å². The fourth-order valence-corrected chi connectivity index (χ4v) is 4.29. The molecule has 4 aromatic rings. The third-order valence-electron chi connectivity index (χ3n) is 6.22. The maximum Gasteiger partial charge on any atom is 0.343 e. The summed E-state index contributed by atoms with van der Waals surface area (Å²) in [5.74, 6) is 0.283. The van der Waals surface area contributed by atoms with E-state index in [0.29, 0.717) is 28.4 Å². The van der Waals surface area contributed by atoms with E-state index in [4.69, 9.17) is 24.7 Å². The Labute approximate surface area is 224 Å². The van der Waals surface area contributed by atoms with Gasteiger partial charge in [-0.3, -0.25) is 0 Å². The van der Waals surface area contributed by atoms with E-state index in [0.717, 1.165) is 11.1 Å². The average Bonchev–Trinajstić information content (AvgIpc) is 2.96. The maximum absolute atomic E-state index is 13.2. The Kier molecular flexibility index (Phi) is 7.15. The molecule has 0 radical (unpaired) electrons. The molecule has 1 unspecified atom stereocenters. The molecule has 0 aromatic heterocycles. The summed E-state index contributed by atoms with van der Waals surface area (Å²) in [6.45, 7) is 0.249. The van der Waals surface area contributed by atoms with Crippen molar-refractivity contribution in [1.82, 2.24) is 0 Å². The predicted octanol–water partition coefficient (Wildman–Crippen LogP) is 5.85. The van der Waals surface area contributed by atoms with E-state index in [9.17, 15) is 14.4 Å². The Morgan fingerprint density at radius 3 is 2.51 bits per heavy atom. The number of nitriles is 1. The number of allylic oxidation sites excluding steroid dienone is 1. The Morgan fingerprint density at radius 2 is 1.74 bits per heavy atom. The van der Waals surface area contributed by atoms with Gasteiger partial charge >= 0.3 is 5.97 Å². The smallest absolute Gasteiger partial charge is 0.343 e. The van der Waals surface area contributed by atoms with Gasteiger partial charge in [0.25, 0.3) is 0 Å². The Hall–Kier alpha value is -5.29. The average molecular weight is 523 g/mol. The lowest BCUT2D eigenvalue weighted by atomic mass is 9.83. The number of halogens is 1. The SMILES string of the molecule is COc1cccc(C(=O)Oc2ccc3c(c2)OC(N)=C(C#N)C3c2cccc(OCc3ccc(F)cc3)c2)c1. The molecule has 0 amide bonds. The van der Waals surface area contributed by atoms with E-state index in [-0.39, 0.29) is 29.6 Å². The van der Waals surface area contributed by atoms with Gasteiger partial charge in [0.15, 0.2) is 0 Å². The van der Waals surface area contributed by atoms with Crippen molar-refractivity contribution in [3.63, 3.8) is 0 Å². The van der Waals surface area contributed by atoms with Crippen LogP contribution in [0.25, 0.3) is 0 Å². The summed E-state index contributed by atoms with van der Waals surface area (Å²) in [5, 5.41) is 9.90. The monoisotopic (exact) mass is 522 g/mol. The molecule has 0 saturated carbocycles. The van der Waals surface area contributed by atoms with Crippen molar-refractivity contribution in [1.29, 1.82) is 5.26 Å². The van der Waals surface area contributed by atoms with Crippen molar-refractivity contribution >= 4 is 5.97 Å². The van der Waals surface area contributed by atoms with Gasteiger partial charge < -0.3 is 24.7 Å². The number of rotatable bonds is 7. The second-order valence-corrected chi connectivity index (χ2v) is 8.73. The second-order valence-electron chi connectivity index (χ2n) is 8.73. The molecule has 8 heteroatoms. The third-order valence-corrected chi connectivity index (χ3v) is 6.22. The molecular formula is C31H23FN2O5. The molecule has 0 spiro atoms. The van der Waals surface area contributed by atoms with Crippen molar-refractivity contribution in [3.05, 3.63) is 131 Å². The van der Waals surface area contributed by atoms with Crippen LogP contribution in [-0.2, 0) is 6.61 Å². The number of benzene rings is 4. The minimum absolute atomic E-state index is 0.0381. The fourth-order valence-electron chi connectivity index (χ4n) is 4.29. The molecule has 7 nitrogen and oxygen atoms in total. The number of nitrogens with two attached hydrogens (primary N) is 1. The number of fused-ring (bicyclic) bond motifs is 1. The van der Waals surface area contributed by atoms with Crippen LogP contribution < -0.4 is 24.7 Å². The van der Waals surface area contributed by atoms with Gasteiger partial charge in [0, 0.05) is 11.6 Å². The van der Waals surface area contributed by atoms with Crippen molar-refractivity contribution in [2.75, 3.05) is 7.11 Å². The van der Waals surface area contributed by atoms with Crippen molar-refractivity contribution in [3.8, 4) is 29.1 Å². The minimum Gasteiger partial charge on any atom is -0.497 e. The summed E-state index contributed by atoms with van der Waals surface area (Å²) in [5.41, 5.74) is 8.98. The standard InChI is InChI=1S/C31H23FN2O5/c1-36-23-6-3-5-21(15-23)31(35)38-25-12-13-26-28(16-25)39-30(34)27(17-33)29(26)20-4-2-7-24(14-20)37-18-19-8-10-22(32)11-9-19/h2-16,29H,18,34H2,1H3. The number of esters is 1. The molecule has 1 aliphatic heterocycles. The van der Waals surface area contributed by atoms with Crippen LogP contribution in [0.2, 0.25) is 0 Å². The van der Waals surface area contributed by atoms with Crippen molar-refractivity contribution in [2.24, 2.45) is 5.73 Å². The summed E-state index contributed by atoms with van der Waals surface area (Å²) in [7, 11) is 1.52. The number of hydrogen-bond donors (Lipinski definition) is 1. The number of carbonyl (C=O) groups excluding carboxylic acids is 1. The highest BCUT2D eigenvalue weighted by Crippen LogP contribution is 2.44. The van der Waals surface area contributed by atoms with Crippen LogP contribution in [0.5, 0.6) is 23.0 Å². The molecule has 0 fully saturated rings. The van der Waals surface area contributed by atoms with Crippen LogP contribution in [-0.4, -0.2) is 13.1 Å². The first kappa shape index (κ1) is 25.4. The zero-order valence-electron chi connectivity index (χ0n) is 20.9. The summed E-state index contributed by atoms with van der Waals surface area (Å²) in [4.78, 5) is 12.7. The molecule has 5 rings (SSSR count). The summed E-state index contributed by atoms with van der Waals surface area (Å²) in [6.07, 6.45) is 0. The van der Waals surface area contributed by atoms with Crippen LogP contribution in [0.1, 0.15) is 33.0 Å². The molecule has 194 valence electrons. The van der Waals surface area contributed by atoms with Crippen LogP contribution >= 0.6 is 0 Å². The number of ether oxygens (including phenoxy) is 4. The minimum atomic E-state index is -0.562. The van der Waals surface area contributed by atoms with Gasteiger partial charge in [-0.1, -0.05) is 36.4 Å². The fraction of sp³-hybridized carbons (Fsp3) is 0.0968. The van der Waals surface area contributed by atoms with Gasteiger partial charge in [0.1, 0.15) is 47.1 Å². The third kappa shape index (κ3) is 5.53. The molecule has 0 bridgehead atoms. The molecule has 4 aromatic carbocycles. The van der Waals surface area contributed by atoms with E-state index in [1.54, 1.807) is 60.7 Å². The lowest BCUT2D eigenvalue weighted by Gasteiger charge is -2.27. The highest BCUT2D eigenvalue weighted by Gasteiger charge is 2.31. The van der Waals surface area contributed by atoms with E-state index in [1.807, 2.05) is 18.2 Å². The quantitative estimate of drug-likeness (QED) is 0.240. The maximum atomic E-state index is 13.2. The Bertz CT molecular complexity index is 1610. The van der Waals surface area contributed by atoms with Gasteiger partial charge in [-0.2, -0.15) is 5.26 Å². The number of hydrogen-bond acceptors (Lipinski definition) is 7. The molecule has 1 heterocycles. The van der Waals surface area contributed by atoms with E-state index in [1.165, 1.54) is 19.2 Å². The zero-order valence-corrected chi connectivity index (χ0v) is 20.9. The Balaban J connectivity index is 1.41. The van der Waals surface area contributed by atoms with Gasteiger partial charge in [-0.15, -0.1) is 0 Å². The summed E-state index contributed by atoms with van der Waals surface area (Å²) < 4.78 is 35.6. The van der Waals surface area contributed by atoms with Crippen LogP contribution in [0.4, 0.5) is 4.39 Å². The second kappa shape index (κ2) is 11.0. The topological polar surface area (TPSA) is 104 Å². The first-order chi connectivity index (χ1) is 18.9. The van der Waals surface area contributed by atoms with E-state index >= 15 is 0 Å². The highest BCUT2D eigenvalue weighted by molar-refractivity contribution is 5.91. The predicted molar refractivity (Wildman–Crippen MR) is 141 cm³/mol. The number of carbonyl (C=O) groups is 1. The molecular weight excluding hydrogens is 499 g/mol. The lowest BCUT2D eigenvalue weighted by Crippen LogP contribution is -2.21. The summed E-state index contributed by atoms with van der Waals surface area (Å²) in [6, 6.07) is 27.1. The van der Waals surface area contributed by atoms with Gasteiger partial charge in [-0.25, -0.2) is 9.18 Å². The summed E-state index contributed by atoms with van der Waals surface area (Å²) >= 11 is 0. The van der Waals surface area contributed by atoms with E-state index < -0.39 is 11.9 Å². The molecule has 39 heavy (non-hydrogen) atoms. The zero-order chi connectivity index (χ0) is 27.4. The van der Waals surface area contributed by atoms with Crippen LogP contribution in [0, 0.1) is 17.1 Å². The van der Waals surface area contributed by atoms with Crippen LogP contribution in [0.3, 0.4) is 0 Å². The van der Waals surface area contributed by atoms with Crippen LogP contribution in [0.15, 0.2) is 102 Å². The Morgan fingerprint density at radius 1 is 0.974 bits per heavy atom. The molecule has 2 N–H and O–H groups in total. The normalized spacial score (nSPS) is 14.0. The van der Waals surface area contributed by atoms with Gasteiger partial charge in [-0.05, 0) is 59.7 Å². The lowest BCUT2D eigenvalue weighted by molar-refractivity contribution is 0.0734. The first-order valence-electron chi connectivity index (χ1n) is 12.0. The molecule has 0 saturated heterocycles. The molecule has 1 aliphatic rings. The molecule has 1 atom stereocenters.